The summed E-state index contributed by atoms with van der Waals surface area (Å²) in [5.41, 5.74) is 0.908. The van der Waals surface area contributed by atoms with Crippen LogP contribution in [0.3, 0.4) is 0 Å². The molecule has 0 atom stereocenters. The van der Waals surface area contributed by atoms with Crippen molar-refractivity contribution in [3.05, 3.63) is 101 Å². The minimum atomic E-state index is -4.72. The maximum Gasteiger partial charge on any atom is 0.417 e. The van der Waals surface area contributed by atoms with Crippen molar-refractivity contribution in [2.24, 2.45) is 0 Å². The molecule has 0 aliphatic rings. The molecule has 196 valence electrons. The van der Waals surface area contributed by atoms with E-state index < -0.39 is 34.4 Å². The monoisotopic (exact) mass is 554 g/mol. The molecular formula is C26H15ClF4N6O2. The van der Waals surface area contributed by atoms with E-state index in [0.29, 0.717) is 28.4 Å². The van der Waals surface area contributed by atoms with E-state index in [0.717, 1.165) is 18.2 Å². The van der Waals surface area contributed by atoms with Gasteiger partial charge in [-0.05, 0) is 54.6 Å². The van der Waals surface area contributed by atoms with Crippen LogP contribution in [0.25, 0.3) is 22.3 Å². The summed E-state index contributed by atoms with van der Waals surface area (Å²) in [6.45, 7) is 0. The van der Waals surface area contributed by atoms with Crippen molar-refractivity contribution in [1.82, 2.24) is 20.2 Å². The molecule has 0 saturated heterocycles. The van der Waals surface area contributed by atoms with E-state index in [4.69, 9.17) is 11.6 Å². The first-order chi connectivity index (χ1) is 18.6. The molecule has 39 heavy (non-hydrogen) atoms. The molecule has 2 amide bonds. The predicted molar refractivity (Wildman–Crippen MR) is 136 cm³/mol. The van der Waals surface area contributed by atoms with Crippen molar-refractivity contribution in [3.8, 4) is 11.3 Å². The molecule has 8 nitrogen and oxygen atoms in total. The van der Waals surface area contributed by atoms with Crippen molar-refractivity contribution < 1.29 is 27.2 Å². The van der Waals surface area contributed by atoms with Crippen molar-refractivity contribution >= 4 is 45.8 Å². The second-order valence-electron chi connectivity index (χ2n) is 8.27. The average Bonchev–Trinajstić information content (AvgIpc) is 3.43. The van der Waals surface area contributed by atoms with Gasteiger partial charge in [-0.25, -0.2) is 14.2 Å². The molecule has 13 heteroatoms. The Morgan fingerprint density at radius 2 is 1.67 bits per heavy atom. The Morgan fingerprint density at radius 1 is 0.872 bits per heavy atom. The number of carbonyl (C=O) groups excluding carboxylic acids is 2. The molecule has 0 aliphatic carbocycles. The first-order valence-corrected chi connectivity index (χ1v) is 11.5. The maximum absolute atomic E-state index is 14.4. The lowest BCUT2D eigenvalue weighted by Crippen LogP contribution is -2.20. The van der Waals surface area contributed by atoms with Crippen LogP contribution in [0.2, 0.25) is 5.02 Å². The number of amides is 2. The van der Waals surface area contributed by atoms with Gasteiger partial charge in [0.25, 0.3) is 0 Å². The number of aromatic nitrogens is 4. The molecule has 0 fully saturated rings. The number of nitrogens with one attached hydrogen (secondary N) is 3. The van der Waals surface area contributed by atoms with Gasteiger partial charge in [0.1, 0.15) is 5.82 Å². The van der Waals surface area contributed by atoms with Gasteiger partial charge in [-0.15, -0.1) is 0 Å². The fourth-order valence-corrected chi connectivity index (χ4v) is 3.98. The van der Waals surface area contributed by atoms with Gasteiger partial charge in [-0.2, -0.15) is 18.3 Å². The van der Waals surface area contributed by atoms with Crippen molar-refractivity contribution in [3.63, 3.8) is 0 Å². The van der Waals surface area contributed by atoms with E-state index in [9.17, 15) is 27.2 Å². The highest BCUT2D eigenvalue weighted by Gasteiger charge is 2.33. The van der Waals surface area contributed by atoms with E-state index in [2.05, 4.69) is 30.8 Å². The third-order valence-electron chi connectivity index (χ3n) is 5.55. The lowest BCUT2D eigenvalue weighted by molar-refractivity contribution is -0.137. The molecule has 0 spiro atoms. The van der Waals surface area contributed by atoms with Gasteiger partial charge in [0, 0.05) is 34.3 Å². The molecule has 3 aromatic carbocycles. The summed E-state index contributed by atoms with van der Waals surface area (Å²) in [5.74, 6) is -1.37. The second kappa shape index (κ2) is 10.1. The van der Waals surface area contributed by atoms with Crippen LogP contribution < -0.4 is 10.6 Å². The maximum atomic E-state index is 14.4. The fraction of sp³-hybridized carbons (Fsp3) is 0.0385. The first-order valence-electron chi connectivity index (χ1n) is 11.1. The minimum Gasteiger partial charge on any atom is -0.308 e. The molecular weight excluding hydrogens is 540 g/mol. The molecule has 0 unspecified atom stereocenters. The molecule has 5 rings (SSSR count). The summed E-state index contributed by atoms with van der Waals surface area (Å²) < 4.78 is 53.6. The molecule has 2 heterocycles. The standard InChI is InChI=1S/C26H15ClF4N6O2/c27-20-3-2-17(9-19(20)26(29,30)31)35-25(39)36-18-6-14(5-16(28)8-18)24(38)13-1-4-21-22(7-13)37-23(12-32-21)15-10-33-34-11-15/h1-12H,(H,33,34)(H2,35,36,39). The zero-order valence-corrected chi connectivity index (χ0v) is 20.2. The number of carbonyl (C=O) groups is 2. The van der Waals surface area contributed by atoms with Gasteiger partial charge >= 0.3 is 12.2 Å². The smallest absolute Gasteiger partial charge is 0.308 e. The fourth-order valence-electron chi connectivity index (χ4n) is 3.76. The number of H-pyrrole nitrogens is 1. The first kappa shape index (κ1) is 25.8. The summed E-state index contributed by atoms with van der Waals surface area (Å²) in [7, 11) is 0. The Labute approximate surface area is 222 Å². The largest absolute Gasteiger partial charge is 0.417 e. The Morgan fingerprint density at radius 3 is 2.41 bits per heavy atom. The van der Waals surface area contributed by atoms with Gasteiger partial charge in [0.2, 0.25) is 0 Å². The van der Waals surface area contributed by atoms with Gasteiger partial charge in [-0.3, -0.25) is 14.9 Å². The number of benzene rings is 3. The SMILES string of the molecule is O=C(Nc1cc(F)cc(C(=O)c2ccc3ncc(-c4cn[nH]c4)nc3c2)c1)Nc1ccc(Cl)c(C(F)(F)F)c1. The number of urea groups is 1. The molecule has 0 bridgehead atoms. The summed E-state index contributed by atoms with van der Waals surface area (Å²) in [5, 5.41) is 10.6. The quantitative estimate of drug-likeness (QED) is 0.165. The lowest BCUT2D eigenvalue weighted by Gasteiger charge is -2.13. The van der Waals surface area contributed by atoms with Crippen LogP contribution in [0.5, 0.6) is 0 Å². The van der Waals surface area contributed by atoms with E-state index in [1.165, 1.54) is 24.3 Å². The lowest BCUT2D eigenvalue weighted by atomic mass is 10.0. The van der Waals surface area contributed by atoms with Crippen LogP contribution in [0.1, 0.15) is 21.5 Å². The van der Waals surface area contributed by atoms with Crippen LogP contribution >= 0.6 is 11.6 Å². The van der Waals surface area contributed by atoms with Crippen LogP contribution in [0.15, 0.2) is 73.2 Å². The Balaban J connectivity index is 1.37. The van der Waals surface area contributed by atoms with Crippen molar-refractivity contribution in [2.45, 2.75) is 6.18 Å². The normalized spacial score (nSPS) is 11.4. The van der Waals surface area contributed by atoms with Gasteiger partial charge < -0.3 is 10.6 Å². The number of hydrogen-bond donors (Lipinski definition) is 3. The van der Waals surface area contributed by atoms with Crippen LogP contribution in [0, 0.1) is 5.82 Å². The summed E-state index contributed by atoms with van der Waals surface area (Å²) in [6, 6.07) is 9.71. The number of anilines is 2. The highest BCUT2D eigenvalue weighted by atomic mass is 35.5. The number of fused-ring (bicyclic) bond motifs is 1. The number of ketones is 1. The van der Waals surface area contributed by atoms with Crippen LogP contribution in [-0.4, -0.2) is 32.0 Å². The van der Waals surface area contributed by atoms with Gasteiger partial charge in [0.15, 0.2) is 5.78 Å². The minimum absolute atomic E-state index is 0.0746. The average molecular weight is 555 g/mol. The van der Waals surface area contributed by atoms with Crippen LogP contribution in [0.4, 0.5) is 33.7 Å². The molecule has 0 saturated carbocycles. The highest BCUT2D eigenvalue weighted by molar-refractivity contribution is 6.31. The Bertz CT molecular complexity index is 1720. The third-order valence-corrected chi connectivity index (χ3v) is 5.88. The number of halogens is 5. The number of alkyl halides is 3. The summed E-state index contributed by atoms with van der Waals surface area (Å²) in [4.78, 5) is 34.4. The highest BCUT2D eigenvalue weighted by Crippen LogP contribution is 2.36. The Hall–Kier alpha value is -4.84. The van der Waals surface area contributed by atoms with E-state index in [1.54, 1.807) is 24.7 Å². The number of rotatable bonds is 5. The second-order valence-corrected chi connectivity index (χ2v) is 8.68. The van der Waals surface area contributed by atoms with E-state index in [-0.39, 0.29) is 22.5 Å². The molecule has 2 aromatic heterocycles. The van der Waals surface area contributed by atoms with Gasteiger partial charge in [-0.1, -0.05) is 11.6 Å². The van der Waals surface area contributed by atoms with Crippen molar-refractivity contribution in [2.75, 3.05) is 10.6 Å². The molecule has 5 aromatic rings. The molecule has 3 N–H and O–H groups in total. The number of hydrogen-bond acceptors (Lipinski definition) is 5. The molecule has 0 aliphatic heterocycles. The van der Waals surface area contributed by atoms with E-state index in [1.807, 2.05) is 0 Å². The topological polar surface area (TPSA) is 113 Å². The van der Waals surface area contributed by atoms with Crippen molar-refractivity contribution in [1.29, 1.82) is 0 Å². The zero-order valence-electron chi connectivity index (χ0n) is 19.5. The molecule has 0 radical (unpaired) electrons. The third kappa shape index (κ3) is 5.70. The van der Waals surface area contributed by atoms with E-state index >= 15 is 0 Å². The number of aromatic amines is 1. The zero-order chi connectivity index (χ0) is 27.7. The van der Waals surface area contributed by atoms with Gasteiger partial charge in [0.05, 0.1) is 39.7 Å². The van der Waals surface area contributed by atoms with Crippen LogP contribution in [-0.2, 0) is 6.18 Å². The summed E-state index contributed by atoms with van der Waals surface area (Å²) >= 11 is 5.59. The number of nitrogens with zero attached hydrogens (tertiary/aromatic N) is 3. The predicted octanol–water partition coefficient (Wildman–Crippen LogP) is 6.71. The Kier molecular flexibility index (Phi) is 6.71. The summed E-state index contributed by atoms with van der Waals surface area (Å²) in [6.07, 6.45) is 0.0609.